The first-order chi connectivity index (χ1) is 8.12. The van der Waals surface area contributed by atoms with Crippen molar-refractivity contribution in [1.29, 1.82) is 0 Å². The Labute approximate surface area is 103 Å². The number of carbonyl (C=O) groups excluding carboxylic acids is 1. The summed E-state index contributed by atoms with van der Waals surface area (Å²) in [5.74, 6) is 1.52. The van der Waals surface area contributed by atoms with Crippen LogP contribution in [-0.4, -0.2) is 30.4 Å². The Morgan fingerprint density at radius 2 is 2.18 bits per heavy atom. The summed E-state index contributed by atoms with van der Waals surface area (Å²) < 4.78 is 5.47. The van der Waals surface area contributed by atoms with Crippen LogP contribution in [0.4, 0.5) is 0 Å². The fourth-order valence-corrected chi connectivity index (χ4v) is 1.65. The third-order valence-corrected chi connectivity index (χ3v) is 2.82. The molecule has 0 bridgehead atoms. The van der Waals surface area contributed by atoms with E-state index in [1.807, 2.05) is 26.8 Å². The minimum Gasteiger partial charge on any atom is -0.456 e. The average Bonchev–Trinajstić information content (AvgIpc) is 2.83. The van der Waals surface area contributed by atoms with Crippen LogP contribution in [0, 0.1) is 5.92 Å². The lowest BCUT2D eigenvalue weighted by atomic mass is 10.1. The highest BCUT2D eigenvalue weighted by molar-refractivity contribution is 5.91. The van der Waals surface area contributed by atoms with Gasteiger partial charge in [-0.05, 0) is 31.5 Å². The van der Waals surface area contributed by atoms with Crippen molar-refractivity contribution in [1.82, 2.24) is 4.90 Å². The number of nitrogens with two attached hydrogens (primary N) is 1. The molecule has 0 saturated heterocycles. The zero-order valence-electron chi connectivity index (χ0n) is 10.9. The molecule has 0 saturated carbocycles. The second-order valence-electron chi connectivity index (χ2n) is 4.30. The van der Waals surface area contributed by atoms with Gasteiger partial charge in [-0.3, -0.25) is 4.79 Å². The standard InChI is InChI=1S/C13H22N2O2/c1-4-11-6-7-12(17-11)13(16)15(5-2)9-10(3)8-14/h6-7,10H,4-5,8-9,14H2,1-3H3. The molecule has 2 N–H and O–H groups in total. The van der Waals surface area contributed by atoms with Crippen molar-refractivity contribution in [2.75, 3.05) is 19.6 Å². The first-order valence-corrected chi connectivity index (χ1v) is 6.20. The molecule has 96 valence electrons. The maximum Gasteiger partial charge on any atom is 0.289 e. The molecule has 1 atom stereocenters. The lowest BCUT2D eigenvalue weighted by molar-refractivity contribution is 0.0710. The Hall–Kier alpha value is -1.29. The van der Waals surface area contributed by atoms with E-state index in [0.717, 1.165) is 12.2 Å². The van der Waals surface area contributed by atoms with Crippen molar-refractivity contribution in [3.05, 3.63) is 23.7 Å². The minimum absolute atomic E-state index is 0.0486. The number of rotatable bonds is 6. The molecule has 0 radical (unpaired) electrons. The van der Waals surface area contributed by atoms with Crippen molar-refractivity contribution in [2.24, 2.45) is 11.7 Å². The highest BCUT2D eigenvalue weighted by Gasteiger charge is 2.19. The topological polar surface area (TPSA) is 59.5 Å². The van der Waals surface area contributed by atoms with E-state index in [9.17, 15) is 4.79 Å². The number of hydrogen-bond acceptors (Lipinski definition) is 3. The van der Waals surface area contributed by atoms with E-state index < -0.39 is 0 Å². The fraction of sp³-hybridized carbons (Fsp3) is 0.615. The number of amides is 1. The van der Waals surface area contributed by atoms with Crippen LogP contribution < -0.4 is 5.73 Å². The molecule has 17 heavy (non-hydrogen) atoms. The predicted molar refractivity (Wildman–Crippen MR) is 67.9 cm³/mol. The summed E-state index contributed by atoms with van der Waals surface area (Å²) in [5.41, 5.74) is 5.58. The van der Waals surface area contributed by atoms with Gasteiger partial charge in [-0.25, -0.2) is 0 Å². The summed E-state index contributed by atoms with van der Waals surface area (Å²) in [4.78, 5) is 13.9. The molecule has 0 spiro atoms. The first-order valence-electron chi connectivity index (χ1n) is 6.20. The zero-order chi connectivity index (χ0) is 12.8. The van der Waals surface area contributed by atoms with Crippen LogP contribution in [0.3, 0.4) is 0 Å². The number of hydrogen-bond donors (Lipinski definition) is 1. The van der Waals surface area contributed by atoms with Gasteiger partial charge >= 0.3 is 0 Å². The lowest BCUT2D eigenvalue weighted by Crippen LogP contribution is -2.36. The maximum absolute atomic E-state index is 12.1. The van der Waals surface area contributed by atoms with E-state index in [-0.39, 0.29) is 5.91 Å². The monoisotopic (exact) mass is 238 g/mol. The van der Waals surface area contributed by atoms with E-state index in [0.29, 0.717) is 31.3 Å². The van der Waals surface area contributed by atoms with Crippen molar-refractivity contribution in [2.45, 2.75) is 27.2 Å². The van der Waals surface area contributed by atoms with Gasteiger partial charge in [0.05, 0.1) is 0 Å². The molecule has 1 unspecified atom stereocenters. The lowest BCUT2D eigenvalue weighted by Gasteiger charge is -2.22. The van der Waals surface area contributed by atoms with E-state index >= 15 is 0 Å². The van der Waals surface area contributed by atoms with Crippen molar-refractivity contribution in [3.8, 4) is 0 Å². The largest absolute Gasteiger partial charge is 0.456 e. The van der Waals surface area contributed by atoms with Crippen LogP contribution in [0.2, 0.25) is 0 Å². The number of furan rings is 1. The summed E-state index contributed by atoms with van der Waals surface area (Å²) in [6.07, 6.45) is 0.804. The SMILES string of the molecule is CCc1ccc(C(=O)N(CC)CC(C)CN)o1. The Morgan fingerprint density at radius 3 is 2.65 bits per heavy atom. The van der Waals surface area contributed by atoms with Crippen LogP contribution in [0.25, 0.3) is 0 Å². The highest BCUT2D eigenvalue weighted by Crippen LogP contribution is 2.12. The van der Waals surface area contributed by atoms with E-state index in [1.54, 1.807) is 11.0 Å². The smallest absolute Gasteiger partial charge is 0.289 e. The van der Waals surface area contributed by atoms with Gasteiger partial charge in [-0.1, -0.05) is 13.8 Å². The first kappa shape index (κ1) is 13.8. The summed E-state index contributed by atoms with van der Waals surface area (Å²) in [6, 6.07) is 3.60. The van der Waals surface area contributed by atoms with Gasteiger partial charge in [0, 0.05) is 19.5 Å². The molecule has 0 aliphatic carbocycles. The summed E-state index contributed by atoms with van der Waals surface area (Å²) in [5, 5.41) is 0. The van der Waals surface area contributed by atoms with Gasteiger partial charge in [-0.15, -0.1) is 0 Å². The van der Waals surface area contributed by atoms with E-state index in [1.165, 1.54) is 0 Å². The van der Waals surface area contributed by atoms with Crippen molar-refractivity contribution in [3.63, 3.8) is 0 Å². The van der Waals surface area contributed by atoms with Crippen LogP contribution in [0.5, 0.6) is 0 Å². The Balaban J connectivity index is 2.71. The van der Waals surface area contributed by atoms with Crippen LogP contribution >= 0.6 is 0 Å². The van der Waals surface area contributed by atoms with E-state index in [4.69, 9.17) is 10.2 Å². The second-order valence-corrected chi connectivity index (χ2v) is 4.30. The van der Waals surface area contributed by atoms with Gasteiger partial charge in [-0.2, -0.15) is 0 Å². The van der Waals surface area contributed by atoms with Gasteiger partial charge < -0.3 is 15.1 Å². The number of nitrogens with zero attached hydrogens (tertiary/aromatic N) is 1. The summed E-state index contributed by atoms with van der Waals surface area (Å²) in [7, 11) is 0. The molecule has 1 aromatic rings. The Bertz CT molecular complexity index is 360. The normalized spacial score (nSPS) is 12.5. The van der Waals surface area contributed by atoms with Crippen LogP contribution in [0.15, 0.2) is 16.5 Å². The molecule has 1 heterocycles. The predicted octanol–water partition coefficient (Wildman–Crippen LogP) is 1.90. The molecular formula is C13H22N2O2. The minimum atomic E-state index is -0.0486. The van der Waals surface area contributed by atoms with E-state index in [2.05, 4.69) is 0 Å². The second kappa shape index (κ2) is 6.45. The highest BCUT2D eigenvalue weighted by atomic mass is 16.4. The quantitative estimate of drug-likeness (QED) is 0.823. The maximum atomic E-state index is 12.1. The molecule has 1 amide bonds. The van der Waals surface area contributed by atoms with Gasteiger partial charge in [0.2, 0.25) is 0 Å². The molecule has 4 nitrogen and oxygen atoms in total. The average molecular weight is 238 g/mol. The third kappa shape index (κ3) is 3.60. The molecule has 0 aliphatic rings. The van der Waals surface area contributed by atoms with Gasteiger partial charge in [0.25, 0.3) is 5.91 Å². The third-order valence-electron chi connectivity index (χ3n) is 2.82. The summed E-state index contributed by atoms with van der Waals surface area (Å²) in [6.45, 7) is 7.93. The van der Waals surface area contributed by atoms with Crippen molar-refractivity contribution >= 4 is 5.91 Å². The van der Waals surface area contributed by atoms with Gasteiger partial charge in [0.1, 0.15) is 5.76 Å². The molecule has 1 aromatic heterocycles. The van der Waals surface area contributed by atoms with Crippen LogP contribution in [-0.2, 0) is 6.42 Å². The molecule has 4 heteroatoms. The molecule has 0 aromatic carbocycles. The molecular weight excluding hydrogens is 216 g/mol. The zero-order valence-corrected chi connectivity index (χ0v) is 10.9. The number of carbonyl (C=O) groups is 1. The van der Waals surface area contributed by atoms with Crippen LogP contribution in [0.1, 0.15) is 37.1 Å². The molecule has 1 rings (SSSR count). The van der Waals surface area contributed by atoms with Gasteiger partial charge in [0.15, 0.2) is 5.76 Å². The molecule has 0 aliphatic heterocycles. The summed E-state index contributed by atoms with van der Waals surface area (Å²) >= 11 is 0. The fourth-order valence-electron chi connectivity index (χ4n) is 1.65. The molecule has 0 fully saturated rings. The number of aryl methyl sites for hydroxylation is 1. The van der Waals surface area contributed by atoms with Crippen molar-refractivity contribution < 1.29 is 9.21 Å². The Morgan fingerprint density at radius 1 is 1.47 bits per heavy atom. The Kier molecular flexibility index (Phi) is 5.22.